The van der Waals surface area contributed by atoms with Crippen molar-refractivity contribution in [2.75, 3.05) is 13.6 Å². The van der Waals surface area contributed by atoms with E-state index in [1.807, 2.05) is 14.0 Å². The quantitative estimate of drug-likeness (QED) is 0.438. The summed E-state index contributed by atoms with van der Waals surface area (Å²) >= 11 is 1.53. The van der Waals surface area contributed by atoms with Crippen molar-refractivity contribution in [3.05, 3.63) is 0 Å². The summed E-state index contributed by atoms with van der Waals surface area (Å²) in [6, 6.07) is 0. The molecule has 0 amide bonds. The van der Waals surface area contributed by atoms with Crippen LogP contribution in [-0.4, -0.2) is 23.6 Å². The predicted molar refractivity (Wildman–Crippen MR) is 33.3 cm³/mol. The second kappa shape index (κ2) is 1.84. The molecule has 0 aromatic carbocycles. The number of hydrogen-bond donors (Lipinski definition) is 0. The monoisotopic (exact) mass is 116 g/mol. The molecule has 1 aliphatic heterocycles. The molecule has 40 valence electrons. The second-order valence-electron chi connectivity index (χ2n) is 1.69. The zero-order chi connectivity index (χ0) is 5.28. The van der Waals surface area contributed by atoms with Gasteiger partial charge in [0.2, 0.25) is 0 Å². The first-order chi connectivity index (χ1) is 3.29. The van der Waals surface area contributed by atoms with Gasteiger partial charge in [0.1, 0.15) is 0 Å². The summed E-state index contributed by atoms with van der Waals surface area (Å²) in [7, 11) is 2.03. The molecule has 0 fully saturated rings. The molecule has 0 bridgehead atoms. The van der Waals surface area contributed by atoms with E-state index in [0.717, 1.165) is 6.54 Å². The molecule has 0 N–H and O–H groups in total. The Bertz CT molecular complexity index is 99.9. The average molecular weight is 116 g/mol. The summed E-state index contributed by atoms with van der Waals surface area (Å²) in [6.45, 7) is 3.06. The maximum atomic E-state index is 4.08. The number of rotatable bonds is 0. The molecule has 0 aromatic rings. The lowest BCUT2D eigenvalue weighted by Crippen LogP contribution is -2.09. The van der Waals surface area contributed by atoms with Crippen molar-refractivity contribution in [1.29, 1.82) is 0 Å². The summed E-state index contributed by atoms with van der Waals surface area (Å²) in [5, 5.41) is 0. The minimum atomic E-state index is 1.02. The molecule has 0 unspecified atom stereocenters. The molecular weight excluding hydrogens is 108 g/mol. The molecule has 0 aliphatic carbocycles. The molecular formula is C4H8N2S. The van der Waals surface area contributed by atoms with Gasteiger partial charge in [-0.05, 0) is 14.0 Å². The van der Waals surface area contributed by atoms with Crippen molar-refractivity contribution in [2.24, 2.45) is 4.40 Å². The largest absolute Gasteiger partial charge is 0.228 e. The Hall–Kier alpha value is -0.0200. The maximum Gasteiger partial charge on any atom is 0.0616 e. The third-order valence-electron chi connectivity index (χ3n) is 0.788. The fourth-order valence-electron chi connectivity index (χ4n) is 0.519. The first kappa shape index (κ1) is 5.12. The van der Waals surface area contributed by atoms with E-state index in [2.05, 4.69) is 8.70 Å². The molecule has 0 radical (unpaired) electrons. The fraction of sp³-hybridized carbons (Fsp3) is 0.750. The van der Waals surface area contributed by atoms with Crippen molar-refractivity contribution in [3.63, 3.8) is 0 Å². The molecule has 0 aromatic heterocycles. The van der Waals surface area contributed by atoms with Crippen molar-refractivity contribution in [2.45, 2.75) is 6.92 Å². The Labute approximate surface area is 47.9 Å². The Balaban J connectivity index is 2.42. The molecule has 7 heavy (non-hydrogen) atoms. The molecule has 0 atom stereocenters. The SMILES string of the molecule is CC1=NSN(C)C1. The predicted octanol–water partition coefficient (Wildman–Crippen LogP) is 0.956. The van der Waals surface area contributed by atoms with Crippen molar-refractivity contribution >= 4 is 17.8 Å². The van der Waals surface area contributed by atoms with E-state index >= 15 is 0 Å². The Kier molecular flexibility index (Phi) is 1.35. The first-order valence-electron chi connectivity index (χ1n) is 2.21. The van der Waals surface area contributed by atoms with Gasteiger partial charge in [-0.1, -0.05) is 0 Å². The molecule has 3 heteroatoms. The van der Waals surface area contributed by atoms with Gasteiger partial charge in [0.05, 0.1) is 12.1 Å². The van der Waals surface area contributed by atoms with E-state index in [9.17, 15) is 0 Å². The number of hydrogen-bond acceptors (Lipinski definition) is 3. The van der Waals surface area contributed by atoms with Crippen LogP contribution in [0, 0.1) is 0 Å². The molecule has 2 nitrogen and oxygen atoms in total. The van der Waals surface area contributed by atoms with Crippen LogP contribution in [0.5, 0.6) is 0 Å². The fourth-order valence-corrected chi connectivity index (χ4v) is 1.10. The van der Waals surface area contributed by atoms with E-state index < -0.39 is 0 Å². The van der Waals surface area contributed by atoms with E-state index in [4.69, 9.17) is 0 Å². The van der Waals surface area contributed by atoms with Gasteiger partial charge < -0.3 is 0 Å². The van der Waals surface area contributed by atoms with Crippen LogP contribution in [0.15, 0.2) is 4.40 Å². The second-order valence-corrected chi connectivity index (χ2v) is 2.66. The lowest BCUT2D eigenvalue weighted by molar-refractivity contribution is 0.667. The zero-order valence-corrected chi connectivity index (χ0v) is 5.33. The highest BCUT2D eigenvalue weighted by molar-refractivity contribution is 7.96. The molecule has 1 aliphatic rings. The van der Waals surface area contributed by atoms with Crippen LogP contribution in [-0.2, 0) is 0 Å². The third kappa shape index (κ3) is 1.17. The van der Waals surface area contributed by atoms with Gasteiger partial charge in [0.15, 0.2) is 0 Å². The normalized spacial score (nSPS) is 22.9. The summed E-state index contributed by atoms with van der Waals surface area (Å²) in [5.41, 5.74) is 1.22. The van der Waals surface area contributed by atoms with Crippen LogP contribution in [0.3, 0.4) is 0 Å². The highest BCUT2D eigenvalue weighted by Gasteiger charge is 2.06. The lowest BCUT2D eigenvalue weighted by Gasteiger charge is -1.98. The van der Waals surface area contributed by atoms with Crippen LogP contribution in [0.4, 0.5) is 0 Å². The smallest absolute Gasteiger partial charge is 0.0616 e. The van der Waals surface area contributed by atoms with Gasteiger partial charge >= 0.3 is 0 Å². The van der Waals surface area contributed by atoms with Crippen LogP contribution in [0.1, 0.15) is 6.92 Å². The minimum absolute atomic E-state index is 1.02. The maximum absolute atomic E-state index is 4.08. The Morgan fingerprint density at radius 2 is 2.57 bits per heavy atom. The van der Waals surface area contributed by atoms with E-state index in [0.29, 0.717) is 0 Å². The highest BCUT2D eigenvalue weighted by Crippen LogP contribution is 2.14. The van der Waals surface area contributed by atoms with Gasteiger partial charge in [-0.15, -0.1) is 0 Å². The van der Waals surface area contributed by atoms with Crippen LogP contribution < -0.4 is 0 Å². The summed E-state index contributed by atoms with van der Waals surface area (Å²) in [6.07, 6.45) is 0. The van der Waals surface area contributed by atoms with Gasteiger partial charge in [-0.2, -0.15) is 0 Å². The topological polar surface area (TPSA) is 15.6 Å². The molecule has 0 spiro atoms. The number of nitrogens with zero attached hydrogens (tertiary/aromatic N) is 2. The zero-order valence-electron chi connectivity index (χ0n) is 4.51. The molecule has 1 heterocycles. The van der Waals surface area contributed by atoms with Gasteiger partial charge in [0.25, 0.3) is 0 Å². The molecule has 0 saturated carbocycles. The van der Waals surface area contributed by atoms with Crippen molar-refractivity contribution in [1.82, 2.24) is 4.31 Å². The summed E-state index contributed by atoms with van der Waals surface area (Å²) in [5.74, 6) is 0. The molecule has 1 rings (SSSR count). The van der Waals surface area contributed by atoms with E-state index in [1.165, 1.54) is 17.8 Å². The van der Waals surface area contributed by atoms with Crippen LogP contribution in [0.2, 0.25) is 0 Å². The summed E-state index contributed by atoms with van der Waals surface area (Å²) < 4.78 is 6.17. The molecule has 0 saturated heterocycles. The average Bonchev–Trinajstić information content (AvgIpc) is 1.87. The van der Waals surface area contributed by atoms with Gasteiger partial charge in [-0.25, -0.2) is 8.70 Å². The Morgan fingerprint density at radius 1 is 1.86 bits per heavy atom. The standard InChI is InChI=1S/C4H8N2S/c1-4-3-6(2)7-5-4/h3H2,1-2H3. The van der Waals surface area contributed by atoms with Crippen LogP contribution in [0.25, 0.3) is 0 Å². The van der Waals surface area contributed by atoms with Gasteiger partial charge in [0, 0.05) is 12.3 Å². The van der Waals surface area contributed by atoms with Crippen LogP contribution >= 0.6 is 12.1 Å². The lowest BCUT2D eigenvalue weighted by atomic mass is 10.4. The first-order valence-corrected chi connectivity index (χ1v) is 2.94. The third-order valence-corrected chi connectivity index (χ3v) is 1.59. The van der Waals surface area contributed by atoms with Gasteiger partial charge in [-0.3, -0.25) is 0 Å². The minimum Gasteiger partial charge on any atom is -0.228 e. The highest BCUT2D eigenvalue weighted by atomic mass is 32.2. The van der Waals surface area contributed by atoms with E-state index in [1.54, 1.807) is 0 Å². The Morgan fingerprint density at radius 3 is 2.71 bits per heavy atom. The van der Waals surface area contributed by atoms with Crippen molar-refractivity contribution < 1.29 is 0 Å². The van der Waals surface area contributed by atoms with Crippen molar-refractivity contribution in [3.8, 4) is 0 Å². The summed E-state index contributed by atoms with van der Waals surface area (Å²) in [4.78, 5) is 0. The van der Waals surface area contributed by atoms with E-state index in [-0.39, 0.29) is 0 Å².